The molecule has 10 heavy (non-hydrogen) atoms. The van der Waals surface area contributed by atoms with Gasteiger partial charge < -0.3 is 14.8 Å². The molecule has 0 aliphatic carbocycles. The van der Waals surface area contributed by atoms with E-state index >= 15 is 0 Å². The van der Waals surface area contributed by atoms with Crippen molar-refractivity contribution in [3.63, 3.8) is 0 Å². The summed E-state index contributed by atoms with van der Waals surface area (Å²) in [5.41, 5.74) is 0. The molecular formula is C6H13NO3. The largest absolute Gasteiger partial charge is 0.382 e. The molecule has 0 saturated heterocycles. The van der Waals surface area contributed by atoms with Crippen molar-refractivity contribution in [2.75, 3.05) is 34.0 Å². The fourth-order valence-corrected chi connectivity index (χ4v) is 0.379. The molecule has 0 fully saturated rings. The Morgan fingerprint density at radius 2 is 2.20 bits per heavy atom. The summed E-state index contributed by atoms with van der Waals surface area (Å²) in [5, 5.41) is 2.44. The van der Waals surface area contributed by atoms with Crippen molar-refractivity contribution < 1.29 is 14.3 Å². The lowest BCUT2D eigenvalue weighted by Crippen LogP contribution is -2.24. The average Bonchev–Trinajstić information content (AvgIpc) is 1.98. The van der Waals surface area contributed by atoms with Gasteiger partial charge in [-0.05, 0) is 0 Å². The van der Waals surface area contributed by atoms with E-state index in [0.29, 0.717) is 13.2 Å². The zero-order valence-corrected chi connectivity index (χ0v) is 6.35. The van der Waals surface area contributed by atoms with Gasteiger partial charge in [-0.2, -0.15) is 0 Å². The highest BCUT2D eigenvalue weighted by molar-refractivity contribution is 5.76. The van der Waals surface area contributed by atoms with Crippen molar-refractivity contribution in [2.45, 2.75) is 0 Å². The summed E-state index contributed by atoms with van der Waals surface area (Å²) in [5.74, 6) is -0.115. The second-order valence-corrected chi connectivity index (χ2v) is 1.72. The molecule has 0 unspecified atom stereocenters. The van der Waals surface area contributed by atoms with E-state index in [1.54, 1.807) is 14.2 Å². The first kappa shape index (κ1) is 9.39. The molecule has 0 aliphatic heterocycles. The molecule has 4 nitrogen and oxygen atoms in total. The number of carbonyl (C=O) groups is 1. The smallest absolute Gasteiger partial charge is 0.245 e. The number of likely N-dealkylation sites (N-methyl/N-ethyl adjacent to an activating group) is 1. The number of methoxy groups -OCH3 is 1. The molecule has 0 aromatic rings. The summed E-state index contributed by atoms with van der Waals surface area (Å²) in [4.78, 5) is 10.5. The maximum Gasteiger partial charge on any atom is 0.245 e. The highest BCUT2D eigenvalue weighted by Crippen LogP contribution is 1.74. The van der Waals surface area contributed by atoms with E-state index in [4.69, 9.17) is 9.47 Å². The lowest BCUT2D eigenvalue weighted by Gasteiger charge is -2.00. The van der Waals surface area contributed by atoms with Crippen molar-refractivity contribution >= 4 is 5.91 Å². The number of amides is 1. The average molecular weight is 147 g/mol. The molecule has 0 aromatic carbocycles. The van der Waals surface area contributed by atoms with Gasteiger partial charge in [0.05, 0.1) is 13.2 Å². The fraction of sp³-hybridized carbons (Fsp3) is 0.833. The van der Waals surface area contributed by atoms with E-state index in [2.05, 4.69) is 5.32 Å². The Labute approximate surface area is 60.5 Å². The predicted octanol–water partition coefficient (Wildman–Crippen LogP) is -0.605. The van der Waals surface area contributed by atoms with Gasteiger partial charge in [0.2, 0.25) is 5.91 Å². The van der Waals surface area contributed by atoms with Crippen LogP contribution in [0, 0.1) is 0 Å². The van der Waals surface area contributed by atoms with Crippen molar-refractivity contribution in [2.24, 2.45) is 0 Å². The summed E-state index contributed by atoms with van der Waals surface area (Å²) in [6.45, 7) is 1.10. The van der Waals surface area contributed by atoms with Crippen LogP contribution >= 0.6 is 0 Å². The summed E-state index contributed by atoms with van der Waals surface area (Å²) in [7, 11) is 3.16. The van der Waals surface area contributed by atoms with Crippen molar-refractivity contribution in [3.8, 4) is 0 Å². The molecule has 0 atom stereocenters. The van der Waals surface area contributed by atoms with Crippen LogP contribution in [0.5, 0.6) is 0 Å². The molecule has 0 heterocycles. The summed E-state index contributed by atoms with van der Waals surface area (Å²) in [6, 6.07) is 0. The predicted molar refractivity (Wildman–Crippen MR) is 36.8 cm³/mol. The number of hydrogen-bond acceptors (Lipinski definition) is 3. The molecule has 0 aromatic heterocycles. The lowest BCUT2D eigenvalue weighted by molar-refractivity contribution is -0.125. The van der Waals surface area contributed by atoms with Gasteiger partial charge in [0.25, 0.3) is 0 Å². The van der Waals surface area contributed by atoms with Gasteiger partial charge >= 0.3 is 0 Å². The van der Waals surface area contributed by atoms with E-state index in [1.165, 1.54) is 0 Å². The molecule has 0 radical (unpaired) electrons. The van der Waals surface area contributed by atoms with E-state index in [-0.39, 0.29) is 12.5 Å². The standard InChI is InChI=1S/C6H13NO3/c1-7-6(8)5-10-4-3-9-2/h3-5H2,1-2H3,(H,7,8). The van der Waals surface area contributed by atoms with Crippen LogP contribution in [0.1, 0.15) is 0 Å². The quantitative estimate of drug-likeness (QED) is 0.528. The normalized spacial score (nSPS) is 9.40. The molecule has 0 aliphatic rings. The van der Waals surface area contributed by atoms with Gasteiger partial charge in [0, 0.05) is 14.2 Å². The van der Waals surface area contributed by atoms with Gasteiger partial charge in [0.1, 0.15) is 6.61 Å². The first-order valence-electron chi connectivity index (χ1n) is 3.08. The third-order valence-corrected chi connectivity index (χ3v) is 0.944. The molecule has 4 heteroatoms. The fourth-order valence-electron chi connectivity index (χ4n) is 0.379. The Morgan fingerprint density at radius 1 is 1.50 bits per heavy atom. The Hall–Kier alpha value is -0.610. The van der Waals surface area contributed by atoms with E-state index < -0.39 is 0 Å². The molecule has 1 amide bonds. The Morgan fingerprint density at radius 3 is 2.70 bits per heavy atom. The van der Waals surface area contributed by atoms with Crippen LogP contribution in [0.15, 0.2) is 0 Å². The maximum atomic E-state index is 10.5. The van der Waals surface area contributed by atoms with Crippen LogP contribution in [-0.2, 0) is 14.3 Å². The minimum atomic E-state index is -0.115. The molecule has 60 valence electrons. The first-order valence-corrected chi connectivity index (χ1v) is 3.08. The van der Waals surface area contributed by atoms with Gasteiger partial charge in [-0.25, -0.2) is 0 Å². The SMILES string of the molecule is CNC(=O)COCCOC. The van der Waals surface area contributed by atoms with E-state index in [1.807, 2.05) is 0 Å². The van der Waals surface area contributed by atoms with Crippen molar-refractivity contribution in [1.82, 2.24) is 5.32 Å². The van der Waals surface area contributed by atoms with E-state index in [9.17, 15) is 4.79 Å². The van der Waals surface area contributed by atoms with E-state index in [0.717, 1.165) is 0 Å². The Balaban J connectivity index is 2.96. The molecule has 0 spiro atoms. The first-order chi connectivity index (χ1) is 4.81. The highest BCUT2D eigenvalue weighted by Gasteiger charge is 1.94. The summed E-state index contributed by atoms with van der Waals surface area (Å²) >= 11 is 0. The van der Waals surface area contributed by atoms with Crippen LogP contribution in [-0.4, -0.2) is 39.9 Å². The Bertz CT molecular complexity index is 95.0. The number of carbonyl (C=O) groups excluding carboxylic acids is 1. The van der Waals surface area contributed by atoms with Gasteiger partial charge in [0.15, 0.2) is 0 Å². The molecule has 0 saturated carbocycles. The lowest BCUT2D eigenvalue weighted by atomic mass is 10.6. The van der Waals surface area contributed by atoms with Crippen molar-refractivity contribution in [1.29, 1.82) is 0 Å². The maximum absolute atomic E-state index is 10.5. The monoisotopic (exact) mass is 147 g/mol. The summed E-state index contributed by atoms with van der Waals surface area (Å²) < 4.78 is 9.59. The third-order valence-electron chi connectivity index (χ3n) is 0.944. The van der Waals surface area contributed by atoms with Gasteiger partial charge in [-0.3, -0.25) is 4.79 Å². The van der Waals surface area contributed by atoms with Crippen LogP contribution in [0.4, 0.5) is 0 Å². The van der Waals surface area contributed by atoms with Gasteiger partial charge in [-0.1, -0.05) is 0 Å². The summed E-state index contributed by atoms with van der Waals surface area (Å²) in [6.07, 6.45) is 0. The zero-order chi connectivity index (χ0) is 7.82. The third kappa shape index (κ3) is 5.53. The highest BCUT2D eigenvalue weighted by atomic mass is 16.5. The molecule has 1 N–H and O–H groups in total. The zero-order valence-electron chi connectivity index (χ0n) is 6.35. The number of nitrogens with one attached hydrogen (secondary N) is 1. The van der Waals surface area contributed by atoms with Crippen LogP contribution < -0.4 is 5.32 Å². The molecule has 0 bridgehead atoms. The number of hydrogen-bond donors (Lipinski definition) is 1. The molecule has 0 rings (SSSR count). The second kappa shape index (κ2) is 6.51. The number of rotatable bonds is 5. The molecular weight excluding hydrogens is 134 g/mol. The minimum Gasteiger partial charge on any atom is -0.382 e. The van der Waals surface area contributed by atoms with Gasteiger partial charge in [-0.15, -0.1) is 0 Å². The van der Waals surface area contributed by atoms with Crippen LogP contribution in [0.2, 0.25) is 0 Å². The topological polar surface area (TPSA) is 47.6 Å². The second-order valence-electron chi connectivity index (χ2n) is 1.72. The van der Waals surface area contributed by atoms with Crippen molar-refractivity contribution in [3.05, 3.63) is 0 Å². The Kier molecular flexibility index (Phi) is 6.11. The minimum absolute atomic E-state index is 0.111. The van der Waals surface area contributed by atoms with Crippen LogP contribution in [0.25, 0.3) is 0 Å². The van der Waals surface area contributed by atoms with Crippen LogP contribution in [0.3, 0.4) is 0 Å². The number of ether oxygens (including phenoxy) is 2.